The van der Waals surface area contributed by atoms with Crippen LogP contribution >= 0.6 is 0 Å². The molecule has 2 aliphatic rings. The van der Waals surface area contributed by atoms with Gasteiger partial charge in [-0.1, -0.05) is 31.2 Å². The number of benzene rings is 1. The van der Waals surface area contributed by atoms with E-state index in [4.69, 9.17) is 0 Å². The van der Waals surface area contributed by atoms with Gasteiger partial charge in [0.15, 0.2) is 0 Å². The third kappa shape index (κ3) is 4.56. The van der Waals surface area contributed by atoms with E-state index in [0.717, 1.165) is 12.5 Å². The minimum absolute atomic E-state index is 0.944. The molecular weight excluding hydrogens is 282 g/mol. The molecule has 0 radical (unpaired) electrons. The Balaban J connectivity index is 1.43. The van der Waals surface area contributed by atoms with E-state index in [9.17, 15) is 0 Å². The van der Waals surface area contributed by atoms with E-state index in [1.54, 1.807) is 4.90 Å². The van der Waals surface area contributed by atoms with Crippen LogP contribution in [-0.4, -0.2) is 51.9 Å². The topological polar surface area (TPSA) is 13.3 Å². The van der Waals surface area contributed by atoms with E-state index in [-0.39, 0.29) is 0 Å². The minimum atomic E-state index is 0.944. The molecule has 0 atom stereocenters. The third-order valence-electron chi connectivity index (χ3n) is 6.25. The molecule has 1 aromatic rings. The summed E-state index contributed by atoms with van der Waals surface area (Å²) in [5.41, 5.74) is 2.97. The molecule has 2 fully saturated rings. The Morgan fingerprint density at radius 3 is 1.96 bits per heavy atom. The predicted octanol–water partition coefficient (Wildman–Crippen LogP) is -1.40. The van der Waals surface area contributed by atoms with Crippen molar-refractivity contribution in [3.63, 3.8) is 0 Å². The molecule has 0 aromatic heterocycles. The Hall–Kier alpha value is -0.900. The number of piperidine rings is 1. The van der Waals surface area contributed by atoms with Crippen LogP contribution in [0.5, 0.6) is 0 Å². The highest BCUT2D eigenvalue weighted by molar-refractivity contribution is 5.21. The maximum atomic E-state index is 2.34. The lowest BCUT2D eigenvalue weighted by Crippen LogP contribution is -3.30. The van der Waals surface area contributed by atoms with Crippen LogP contribution < -0.4 is 14.7 Å². The highest BCUT2D eigenvalue weighted by atomic mass is 15.3. The number of quaternary nitrogens is 3. The summed E-state index contributed by atoms with van der Waals surface area (Å²) in [6.07, 6.45) is 4.01. The van der Waals surface area contributed by atoms with Crippen molar-refractivity contribution in [1.82, 2.24) is 0 Å². The average molecular weight is 319 g/mol. The van der Waals surface area contributed by atoms with Crippen LogP contribution in [-0.2, 0) is 13.0 Å². The van der Waals surface area contributed by atoms with E-state index >= 15 is 0 Å². The van der Waals surface area contributed by atoms with Crippen molar-refractivity contribution in [3.8, 4) is 0 Å². The van der Waals surface area contributed by atoms with Gasteiger partial charge in [-0.3, -0.25) is 0 Å². The summed E-state index contributed by atoms with van der Waals surface area (Å²) < 4.78 is 0. The van der Waals surface area contributed by atoms with Crippen molar-refractivity contribution in [2.75, 3.05) is 45.8 Å². The van der Waals surface area contributed by atoms with Gasteiger partial charge < -0.3 is 14.7 Å². The second-order valence-corrected chi connectivity index (χ2v) is 7.63. The van der Waals surface area contributed by atoms with Crippen molar-refractivity contribution >= 4 is 0 Å². The molecule has 23 heavy (non-hydrogen) atoms. The van der Waals surface area contributed by atoms with Crippen LogP contribution in [0.2, 0.25) is 0 Å². The van der Waals surface area contributed by atoms with Crippen LogP contribution in [0.15, 0.2) is 24.3 Å². The number of rotatable bonds is 5. The highest BCUT2D eigenvalue weighted by Gasteiger charge is 2.33. The summed E-state index contributed by atoms with van der Waals surface area (Å²) in [6.45, 7) is 15.4. The number of likely N-dealkylation sites (tertiary alicyclic amines) is 1. The first kappa shape index (κ1) is 16.9. The molecule has 0 spiro atoms. The number of likely N-dealkylation sites (N-methyl/N-ethyl adjacent to an activating group) is 1. The number of piperazine rings is 1. The van der Waals surface area contributed by atoms with Crippen molar-refractivity contribution in [3.05, 3.63) is 35.4 Å². The van der Waals surface area contributed by atoms with E-state index in [2.05, 4.69) is 38.1 Å². The van der Waals surface area contributed by atoms with E-state index in [1.807, 2.05) is 9.80 Å². The first-order chi connectivity index (χ1) is 11.3. The van der Waals surface area contributed by atoms with Crippen LogP contribution in [0, 0.1) is 0 Å². The van der Waals surface area contributed by atoms with E-state index < -0.39 is 0 Å². The van der Waals surface area contributed by atoms with E-state index in [1.165, 1.54) is 76.3 Å². The molecule has 0 aliphatic carbocycles. The molecule has 2 saturated heterocycles. The van der Waals surface area contributed by atoms with Crippen LogP contribution in [0.1, 0.15) is 37.8 Å². The normalized spacial score (nSPS) is 31.9. The predicted molar refractivity (Wildman–Crippen MR) is 95.2 cm³/mol. The van der Waals surface area contributed by atoms with Gasteiger partial charge in [0.2, 0.25) is 0 Å². The van der Waals surface area contributed by atoms with Crippen molar-refractivity contribution in [1.29, 1.82) is 0 Å². The van der Waals surface area contributed by atoms with Gasteiger partial charge in [0, 0.05) is 18.4 Å². The lowest BCUT2D eigenvalue weighted by atomic mass is 10.0. The van der Waals surface area contributed by atoms with Crippen molar-refractivity contribution in [2.45, 2.75) is 45.7 Å². The molecule has 0 unspecified atom stereocenters. The average Bonchev–Trinajstić information content (AvgIpc) is 2.63. The molecule has 0 bridgehead atoms. The molecule has 3 nitrogen and oxygen atoms in total. The second kappa shape index (κ2) is 8.27. The largest absolute Gasteiger partial charge is 0.331 e. The van der Waals surface area contributed by atoms with Crippen LogP contribution in [0.3, 0.4) is 0 Å². The van der Waals surface area contributed by atoms with Gasteiger partial charge in [-0.25, -0.2) is 0 Å². The number of nitrogens with one attached hydrogen (secondary N) is 3. The van der Waals surface area contributed by atoms with Crippen molar-refractivity contribution < 1.29 is 14.7 Å². The van der Waals surface area contributed by atoms with Gasteiger partial charge in [-0.05, 0) is 18.9 Å². The molecule has 1 aromatic carbocycles. The maximum absolute atomic E-state index is 2.34. The molecule has 0 amide bonds. The summed E-state index contributed by atoms with van der Waals surface area (Å²) in [4.78, 5) is 5.52. The van der Waals surface area contributed by atoms with Crippen LogP contribution in [0.25, 0.3) is 0 Å². The van der Waals surface area contributed by atoms with Gasteiger partial charge in [0.25, 0.3) is 0 Å². The number of hydrogen-bond donors (Lipinski definition) is 3. The Morgan fingerprint density at radius 1 is 0.783 bits per heavy atom. The van der Waals surface area contributed by atoms with Gasteiger partial charge in [-0.15, -0.1) is 0 Å². The van der Waals surface area contributed by atoms with Gasteiger partial charge in [0.1, 0.15) is 32.7 Å². The molecule has 0 saturated carbocycles. The third-order valence-corrected chi connectivity index (χ3v) is 6.25. The Bertz CT molecular complexity index is 454. The number of hydrogen-bond acceptors (Lipinski definition) is 0. The summed E-state index contributed by atoms with van der Waals surface area (Å²) in [6, 6.07) is 10.2. The maximum Gasteiger partial charge on any atom is 0.127 e. The van der Waals surface area contributed by atoms with E-state index in [0.29, 0.717) is 0 Å². The lowest BCUT2D eigenvalue weighted by Gasteiger charge is -2.37. The fourth-order valence-corrected chi connectivity index (χ4v) is 4.48. The molecule has 3 N–H and O–H groups in total. The van der Waals surface area contributed by atoms with Gasteiger partial charge in [0.05, 0.1) is 25.7 Å². The van der Waals surface area contributed by atoms with Gasteiger partial charge >= 0.3 is 0 Å². The molecule has 3 rings (SSSR count). The fourth-order valence-electron chi connectivity index (χ4n) is 4.48. The molecule has 2 aliphatic heterocycles. The Morgan fingerprint density at radius 2 is 1.39 bits per heavy atom. The number of aryl methyl sites for hydroxylation is 1. The SMILES string of the molecule is CCc1ccc(C[NH+]2CCC([NH+]3CC[NH+](CC)CC3)CC2)cc1. The molecular formula is C20H36N3+3. The second-order valence-electron chi connectivity index (χ2n) is 7.63. The highest BCUT2D eigenvalue weighted by Crippen LogP contribution is 2.04. The summed E-state index contributed by atoms with van der Waals surface area (Å²) in [7, 11) is 0. The smallest absolute Gasteiger partial charge is 0.127 e. The fraction of sp³-hybridized carbons (Fsp3) is 0.700. The zero-order chi connectivity index (χ0) is 16.1. The monoisotopic (exact) mass is 318 g/mol. The van der Waals surface area contributed by atoms with Gasteiger partial charge in [-0.2, -0.15) is 0 Å². The Labute approximate surface area is 142 Å². The molecule has 3 heteroatoms. The first-order valence-corrected chi connectivity index (χ1v) is 9.88. The summed E-state index contributed by atoms with van der Waals surface area (Å²) in [5, 5.41) is 0. The Kier molecular flexibility index (Phi) is 6.09. The summed E-state index contributed by atoms with van der Waals surface area (Å²) >= 11 is 0. The zero-order valence-corrected chi connectivity index (χ0v) is 15.2. The molecule has 2 heterocycles. The minimum Gasteiger partial charge on any atom is -0.331 e. The quantitative estimate of drug-likeness (QED) is 0.591. The standard InChI is InChI=1S/C20H33N3/c1-3-18-5-7-19(8-6-18)17-22-11-9-20(10-12-22)23-15-13-21(4-2)14-16-23/h5-8,20H,3-4,9-17H2,1-2H3/p+3. The lowest BCUT2D eigenvalue weighted by molar-refractivity contribution is -1.03. The summed E-state index contributed by atoms with van der Waals surface area (Å²) in [5.74, 6) is 0. The first-order valence-electron chi connectivity index (χ1n) is 9.88. The van der Waals surface area contributed by atoms with Crippen molar-refractivity contribution in [2.24, 2.45) is 0 Å². The van der Waals surface area contributed by atoms with Crippen LogP contribution in [0.4, 0.5) is 0 Å². The zero-order valence-electron chi connectivity index (χ0n) is 15.2. The molecule has 128 valence electrons.